The molecule has 1 unspecified atom stereocenters. The zero-order valence-electron chi connectivity index (χ0n) is 11.8. The number of benzene rings is 1. The maximum Gasteiger partial charge on any atom is 0.339 e. The largest absolute Gasteiger partial charge is 0.496 e. The van der Waals surface area contributed by atoms with E-state index in [0.29, 0.717) is 18.3 Å². The summed E-state index contributed by atoms with van der Waals surface area (Å²) >= 11 is 0. The Kier molecular flexibility index (Phi) is 6.36. The van der Waals surface area contributed by atoms with E-state index >= 15 is 0 Å². The molecule has 0 fully saturated rings. The first-order valence-corrected chi connectivity index (χ1v) is 6.56. The molecule has 1 aromatic rings. The molecular formula is C15H22O4. The van der Waals surface area contributed by atoms with Gasteiger partial charge in [0.15, 0.2) is 0 Å². The minimum atomic E-state index is -0.985. The zero-order chi connectivity index (χ0) is 14.3. The van der Waals surface area contributed by atoms with Crippen LogP contribution in [0.2, 0.25) is 0 Å². The number of hydrogen-bond donors (Lipinski definition) is 1. The predicted octanol–water partition coefficient (Wildman–Crippen LogP) is 3.35. The Morgan fingerprint density at radius 3 is 2.74 bits per heavy atom. The van der Waals surface area contributed by atoms with Gasteiger partial charge < -0.3 is 14.6 Å². The molecule has 0 saturated carbocycles. The first-order valence-electron chi connectivity index (χ1n) is 6.56. The summed E-state index contributed by atoms with van der Waals surface area (Å²) in [6, 6.07) is 5.03. The van der Waals surface area contributed by atoms with Crippen molar-refractivity contribution < 1.29 is 19.4 Å². The van der Waals surface area contributed by atoms with Gasteiger partial charge in [-0.15, -0.1) is 0 Å². The van der Waals surface area contributed by atoms with Crippen LogP contribution in [-0.2, 0) is 11.3 Å². The molecule has 1 aromatic carbocycles. The zero-order valence-corrected chi connectivity index (χ0v) is 11.8. The van der Waals surface area contributed by atoms with E-state index in [1.165, 1.54) is 7.11 Å². The smallest absolute Gasteiger partial charge is 0.339 e. The first-order chi connectivity index (χ1) is 9.08. The Morgan fingerprint density at radius 1 is 1.42 bits per heavy atom. The summed E-state index contributed by atoms with van der Waals surface area (Å²) in [5, 5.41) is 8.98. The summed E-state index contributed by atoms with van der Waals surface area (Å²) in [7, 11) is 1.47. The molecule has 0 spiro atoms. The Labute approximate surface area is 114 Å². The van der Waals surface area contributed by atoms with Crippen LogP contribution in [0, 0.1) is 5.92 Å². The molecule has 1 rings (SSSR count). The highest BCUT2D eigenvalue weighted by Gasteiger charge is 2.11. The third-order valence-corrected chi connectivity index (χ3v) is 2.95. The Hall–Kier alpha value is -1.55. The fourth-order valence-electron chi connectivity index (χ4n) is 1.96. The highest BCUT2D eigenvalue weighted by atomic mass is 16.5. The molecule has 0 radical (unpaired) electrons. The molecule has 4 nitrogen and oxygen atoms in total. The van der Waals surface area contributed by atoms with E-state index in [4.69, 9.17) is 14.6 Å². The van der Waals surface area contributed by atoms with Crippen molar-refractivity contribution in [1.29, 1.82) is 0 Å². The molecule has 0 amide bonds. The third-order valence-electron chi connectivity index (χ3n) is 2.95. The van der Waals surface area contributed by atoms with Gasteiger partial charge in [-0.1, -0.05) is 26.3 Å². The number of ether oxygens (including phenoxy) is 2. The molecule has 1 atom stereocenters. The summed E-state index contributed by atoms with van der Waals surface area (Å²) < 4.78 is 10.7. The van der Waals surface area contributed by atoms with Crippen LogP contribution in [0.25, 0.3) is 0 Å². The van der Waals surface area contributed by atoms with Gasteiger partial charge in [0.05, 0.1) is 13.7 Å². The van der Waals surface area contributed by atoms with Crippen molar-refractivity contribution in [2.45, 2.75) is 33.3 Å². The standard InChI is InChI=1S/C15H22O4/c1-4-5-11(2)9-19-10-12-6-7-13(15(16)17)14(8-12)18-3/h6-8,11H,4-5,9-10H2,1-3H3,(H,16,17). The highest BCUT2D eigenvalue weighted by Crippen LogP contribution is 2.21. The second-order valence-corrected chi connectivity index (χ2v) is 4.75. The summed E-state index contributed by atoms with van der Waals surface area (Å²) in [4.78, 5) is 11.0. The molecular weight excluding hydrogens is 244 g/mol. The maximum absolute atomic E-state index is 11.0. The van der Waals surface area contributed by atoms with Gasteiger partial charge in [-0.3, -0.25) is 0 Å². The Morgan fingerprint density at radius 2 is 2.16 bits per heavy atom. The molecule has 19 heavy (non-hydrogen) atoms. The maximum atomic E-state index is 11.0. The minimum Gasteiger partial charge on any atom is -0.496 e. The number of aromatic carboxylic acids is 1. The molecule has 0 aromatic heterocycles. The van der Waals surface area contributed by atoms with Crippen molar-refractivity contribution in [3.05, 3.63) is 29.3 Å². The van der Waals surface area contributed by atoms with Gasteiger partial charge in [-0.25, -0.2) is 4.79 Å². The van der Waals surface area contributed by atoms with E-state index in [1.54, 1.807) is 18.2 Å². The average Bonchev–Trinajstić information content (AvgIpc) is 2.38. The predicted molar refractivity (Wildman–Crippen MR) is 73.7 cm³/mol. The topological polar surface area (TPSA) is 55.8 Å². The molecule has 0 aliphatic carbocycles. The number of rotatable bonds is 8. The molecule has 4 heteroatoms. The van der Waals surface area contributed by atoms with E-state index in [2.05, 4.69) is 13.8 Å². The van der Waals surface area contributed by atoms with Gasteiger partial charge in [-0.2, -0.15) is 0 Å². The van der Waals surface area contributed by atoms with E-state index in [-0.39, 0.29) is 5.56 Å². The summed E-state index contributed by atoms with van der Waals surface area (Å²) in [5.74, 6) is -0.0683. The SMILES string of the molecule is CCCC(C)COCc1ccc(C(=O)O)c(OC)c1. The van der Waals surface area contributed by atoms with Crippen LogP contribution < -0.4 is 4.74 Å². The number of methoxy groups -OCH3 is 1. The van der Waals surface area contributed by atoms with Gasteiger partial charge in [-0.05, 0) is 30.0 Å². The van der Waals surface area contributed by atoms with Gasteiger partial charge in [0, 0.05) is 6.61 Å². The van der Waals surface area contributed by atoms with Crippen molar-refractivity contribution in [3.8, 4) is 5.75 Å². The van der Waals surface area contributed by atoms with Gasteiger partial charge >= 0.3 is 5.97 Å². The first kappa shape index (κ1) is 15.5. The molecule has 0 aliphatic heterocycles. The normalized spacial score (nSPS) is 12.2. The van der Waals surface area contributed by atoms with E-state index in [9.17, 15) is 4.79 Å². The molecule has 0 saturated heterocycles. The average molecular weight is 266 g/mol. The Bertz CT molecular complexity index is 415. The molecule has 106 valence electrons. The van der Waals surface area contributed by atoms with Crippen LogP contribution in [0.5, 0.6) is 5.75 Å². The number of hydrogen-bond acceptors (Lipinski definition) is 3. The van der Waals surface area contributed by atoms with Crippen molar-refractivity contribution >= 4 is 5.97 Å². The van der Waals surface area contributed by atoms with E-state index in [0.717, 1.165) is 25.0 Å². The molecule has 1 N–H and O–H groups in total. The van der Waals surface area contributed by atoms with Crippen molar-refractivity contribution in [2.75, 3.05) is 13.7 Å². The lowest BCUT2D eigenvalue weighted by Gasteiger charge is -2.12. The number of carbonyl (C=O) groups is 1. The van der Waals surface area contributed by atoms with Crippen LogP contribution in [0.1, 0.15) is 42.6 Å². The van der Waals surface area contributed by atoms with Crippen molar-refractivity contribution in [3.63, 3.8) is 0 Å². The summed E-state index contributed by atoms with van der Waals surface area (Å²) in [6.07, 6.45) is 2.31. The van der Waals surface area contributed by atoms with Crippen LogP contribution in [0.4, 0.5) is 0 Å². The van der Waals surface area contributed by atoms with E-state index < -0.39 is 5.97 Å². The second-order valence-electron chi connectivity index (χ2n) is 4.75. The lowest BCUT2D eigenvalue weighted by atomic mass is 10.1. The number of carboxylic acids is 1. The van der Waals surface area contributed by atoms with Crippen molar-refractivity contribution in [1.82, 2.24) is 0 Å². The highest BCUT2D eigenvalue weighted by molar-refractivity contribution is 5.90. The molecule has 0 heterocycles. The lowest BCUT2D eigenvalue weighted by molar-refractivity contribution is 0.0692. The van der Waals surface area contributed by atoms with Gasteiger partial charge in [0.1, 0.15) is 11.3 Å². The summed E-state index contributed by atoms with van der Waals surface area (Å²) in [5.41, 5.74) is 1.09. The fraction of sp³-hybridized carbons (Fsp3) is 0.533. The molecule has 0 aliphatic rings. The van der Waals surface area contributed by atoms with Crippen LogP contribution >= 0.6 is 0 Å². The fourth-order valence-corrected chi connectivity index (χ4v) is 1.96. The minimum absolute atomic E-state index is 0.172. The van der Waals surface area contributed by atoms with E-state index in [1.807, 2.05) is 0 Å². The quantitative estimate of drug-likeness (QED) is 0.784. The van der Waals surface area contributed by atoms with Crippen LogP contribution in [0.3, 0.4) is 0 Å². The Balaban J connectivity index is 2.58. The van der Waals surface area contributed by atoms with Crippen molar-refractivity contribution in [2.24, 2.45) is 5.92 Å². The lowest BCUT2D eigenvalue weighted by Crippen LogP contribution is -2.06. The van der Waals surface area contributed by atoms with Crippen LogP contribution in [0.15, 0.2) is 18.2 Å². The summed E-state index contributed by atoms with van der Waals surface area (Å²) in [6.45, 7) is 5.52. The van der Waals surface area contributed by atoms with Crippen LogP contribution in [-0.4, -0.2) is 24.8 Å². The monoisotopic (exact) mass is 266 g/mol. The second kappa shape index (κ2) is 7.79. The van der Waals surface area contributed by atoms with Gasteiger partial charge in [0.2, 0.25) is 0 Å². The molecule has 0 bridgehead atoms. The number of carboxylic acid groups (broad SMARTS) is 1. The third kappa shape index (κ3) is 4.91. The van der Waals surface area contributed by atoms with Gasteiger partial charge in [0.25, 0.3) is 0 Å².